The maximum atomic E-state index is 12.0. The number of hydrogen-bond acceptors (Lipinski definition) is 4. The van der Waals surface area contributed by atoms with Crippen molar-refractivity contribution in [3.63, 3.8) is 0 Å². The lowest BCUT2D eigenvalue weighted by Crippen LogP contribution is -2.11. The number of furan rings is 1. The van der Waals surface area contributed by atoms with E-state index in [0.717, 1.165) is 0 Å². The van der Waals surface area contributed by atoms with Crippen molar-refractivity contribution in [2.24, 2.45) is 0 Å². The first-order valence-corrected chi connectivity index (χ1v) is 6.20. The van der Waals surface area contributed by atoms with Gasteiger partial charge in [0, 0.05) is 23.9 Å². The van der Waals surface area contributed by atoms with Gasteiger partial charge in [0.15, 0.2) is 4.67 Å². The fraction of sp³-hybridized carbons (Fsp3) is 0.154. The highest BCUT2D eigenvalue weighted by Crippen LogP contribution is 2.27. The van der Waals surface area contributed by atoms with Crippen molar-refractivity contribution in [3.8, 4) is 11.5 Å². The molecule has 0 saturated heterocycles. The summed E-state index contributed by atoms with van der Waals surface area (Å²) in [4.78, 5) is 12.0. The molecule has 1 amide bonds. The highest BCUT2D eigenvalue weighted by Gasteiger charge is 2.13. The van der Waals surface area contributed by atoms with E-state index >= 15 is 0 Å². The van der Waals surface area contributed by atoms with E-state index in [0.29, 0.717) is 27.4 Å². The Hall–Kier alpha value is -1.95. The zero-order chi connectivity index (χ0) is 13.8. The number of ether oxygens (including phenoxy) is 2. The molecule has 2 aromatic rings. The average molecular weight is 326 g/mol. The third-order valence-corrected chi connectivity index (χ3v) is 3.09. The van der Waals surface area contributed by atoms with Gasteiger partial charge in [0.05, 0.1) is 26.0 Å². The summed E-state index contributed by atoms with van der Waals surface area (Å²) in [6.45, 7) is 0. The van der Waals surface area contributed by atoms with Crippen LogP contribution in [0, 0.1) is 0 Å². The van der Waals surface area contributed by atoms with Crippen molar-refractivity contribution in [3.05, 3.63) is 40.8 Å². The highest BCUT2D eigenvalue weighted by atomic mass is 79.9. The monoisotopic (exact) mass is 325 g/mol. The molecule has 100 valence electrons. The van der Waals surface area contributed by atoms with Gasteiger partial charge in [-0.05, 0) is 22.0 Å². The summed E-state index contributed by atoms with van der Waals surface area (Å²) < 4.78 is 15.7. The van der Waals surface area contributed by atoms with Crippen LogP contribution in [0.3, 0.4) is 0 Å². The molecule has 2 rings (SSSR count). The van der Waals surface area contributed by atoms with Crippen molar-refractivity contribution < 1.29 is 18.7 Å². The van der Waals surface area contributed by atoms with Crippen molar-refractivity contribution in [1.29, 1.82) is 0 Å². The SMILES string of the molecule is COc1cc(NC(=O)c2ccoc2Br)cc(OC)c1. The van der Waals surface area contributed by atoms with Crippen molar-refractivity contribution >= 4 is 27.5 Å². The standard InChI is InChI=1S/C13H12BrNO4/c1-17-9-5-8(6-10(7-9)18-2)15-13(16)11-3-4-19-12(11)14/h3-7H,1-2H3,(H,15,16). The predicted molar refractivity (Wildman–Crippen MR) is 73.9 cm³/mol. The number of nitrogens with one attached hydrogen (secondary N) is 1. The van der Waals surface area contributed by atoms with E-state index in [1.165, 1.54) is 6.26 Å². The molecule has 0 aliphatic rings. The fourth-order valence-corrected chi connectivity index (χ4v) is 1.95. The first kappa shape index (κ1) is 13.5. The average Bonchev–Trinajstić information content (AvgIpc) is 2.84. The molecule has 6 heteroatoms. The van der Waals surface area contributed by atoms with Crippen LogP contribution in [0.25, 0.3) is 0 Å². The Balaban J connectivity index is 2.23. The number of carbonyl (C=O) groups excluding carboxylic acids is 1. The van der Waals surface area contributed by atoms with Crippen LogP contribution in [-0.4, -0.2) is 20.1 Å². The minimum atomic E-state index is -0.282. The molecule has 0 saturated carbocycles. The number of halogens is 1. The van der Waals surface area contributed by atoms with Crippen LogP contribution in [-0.2, 0) is 0 Å². The second-order valence-corrected chi connectivity index (χ2v) is 4.38. The Morgan fingerprint density at radius 2 is 1.84 bits per heavy atom. The van der Waals surface area contributed by atoms with Crippen LogP contribution >= 0.6 is 15.9 Å². The smallest absolute Gasteiger partial charge is 0.260 e. The Kier molecular flexibility index (Phi) is 4.11. The molecule has 19 heavy (non-hydrogen) atoms. The Morgan fingerprint density at radius 1 is 1.21 bits per heavy atom. The van der Waals surface area contributed by atoms with Crippen molar-refractivity contribution in [2.45, 2.75) is 0 Å². The predicted octanol–water partition coefficient (Wildman–Crippen LogP) is 3.31. The first-order valence-electron chi connectivity index (χ1n) is 5.41. The maximum Gasteiger partial charge on any atom is 0.260 e. The minimum absolute atomic E-state index is 0.282. The molecule has 0 aliphatic carbocycles. The first-order chi connectivity index (χ1) is 9.13. The van der Waals surface area contributed by atoms with Gasteiger partial charge in [-0.1, -0.05) is 0 Å². The van der Waals surface area contributed by atoms with Crippen LogP contribution in [0.5, 0.6) is 11.5 Å². The van der Waals surface area contributed by atoms with Crippen LogP contribution in [0.4, 0.5) is 5.69 Å². The molecule has 5 nitrogen and oxygen atoms in total. The number of amides is 1. The van der Waals surface area contributed by atoms with E-state index in [1.54, 1.807) is 38.5 Å². The molecule has 1 heterocycles. The van der Waals surface area contributed by atoms with Gasteiger partial charge in [-0.15, -0.1) is 0 Å². The zero-order valence-corrected chi connectivity index (χ0v) is 12.0. The second-order valence-electron chi connectivity index (χ2n) is 3.66. The maximum absolute atomic E-state index is 12.0. The molecule has 1 N–H and O–H groups in total. The third-order valence-electron chi connectivity index (χ3n) is 2.47. The molecular weight excluding hydrogens is 314 g/mol. The van der Waals surface area contributed by atoms with E-state index in [4.69, 9.17) is 13.9 Å². The van der Waals surface area contributed by atoms with Crippen molar-refractivity contribution in [1.82, 2.24) is 0 Å². The largest absolute Gasteiger partial charge is 0.497 e. The topological polar surface area (TPSA) is 60.7 Å². The van der Waals surface area contributed by atoms with E-state index < -0.39 is 0 Å². The van der Waals surface area contributed by atoms with Gasteiger partial charge in [-0.25, -0.2) is 0 Å². The van der Waals surface area contributed by atoms with E-state index in [2.05, 4.69) is 21.2 Å². The summed E-state index contributed by atoms with van der Waals surface area (Å²) in [6, 6.07) is 6.71. The van der Waals surface area contributed by atoms with Crippen LogP contribution in [0.1, 0.15) is 10.4 Å². The van der Waals surface area contributed by atoms with E-state index in [1.807, 2.05) is 0 Å². The zero-order valence-electron chi connectivity index (χ0n) is 10.4. The number of rotatable bonds is 4. The Labute approximate surface area is 118 Å². The summed E-state index contributed by atoms with van der Waals surface area (Å²) >= 11 is 3.16. The lowest BCUT2D eigenvalue weighted by atomic mass is 10.2. The molecule has 0 aliphatic heterocycles. The van der Waals surface area contributed by atoms with Crippen molar-refractivity contribution in [2.75, 3.05) is 19.5 Å². The second kappa shape index (κ2) is 5.79. The van der Waals surface area contributed by atoms with Crippen LogP contribution in [0.15, 0.2) is 39.6 Å². The Bertz CT molecular complexity index is 572. The quantitative estimate of drug-likeness (QED) is 0.936. The summed E-state index contributed by atoms with van der Waals surface area (Å²) in [7, 11) is 3.10. The fourth-order valence-electron chi connectivity index (χ4n) is 1.53. The number of anilines is 1. The molecule has 1 aromatic carbocycles. The molecule has 1 aromatic heterocycles. The third kappa shape index (κ3) is 3.08. The molecule has 0 atom stereocenters. The molecule has 0 unspecified atom stereocenters. The lowest BCUT2D eigenvalue weighted by molar-refractivity contribution is 0.102. The van der Waals surface area contributed by atoms with Crippen LogP contribution in [0.2, 0.25) is 0 Å². The number of carbonyl (C=O) groups is 1. The minimum Gasteiger partial charge on any atom is -0.497 e. The van der Waals surface area contributed by atoms with Crippen LogP contribution < -0.4 is 14.8 Å². The van der Waals surface area contributed by atoms with Gasteiger partial charge in [0.1, 0.15) is 11.5 Å². The summed E-state index contributed by atoms with van der Waals surface area (Å²) in [5.74, 6) is 0.915. The Morgan fingerprint density at radius 3 is 2.32 bits per heavy atom. The van der Waals surface area contributed by atoms with Gasteiger partial charge < -0.3 is 19.2 Å². The van der Waals surface area contributed by atoms with Gasteiger partial charge in [-0.3, -0.25) is 4.79 Å². The molecule has 0 bridgehead atoms. The van der Waals surface area contributed by atoms with Gasteiger partial charge in [0.2, 0.25) is 0 Å². The highest BCUT2D eigenvalue weighted by molar-refractivity contribution is 9.10. The van der Waals surface area contributed by atoms with E-state index in [-0.39, 0.29) is 5.91 Å². The lowest BCUT2D eigenvalue weighted by Gasteiger charge is -2.09. The summed E-state index contributed by atoms with van der Waals surface area (Å²) in [5.41, 5.74) is 0.996. The molecular formula is C13H12BrNO4. The number of methoxy groups -OCH3 is 2. The van der Waals surface area contributed by atoms with E-state index in [9.17, 15) is 4.79 Å². The number of benzene rings is 1. The van der Waals surface area contributed by atoms with Gasteiger partial charge in [-0.2, -0.15) is 0 Å². The van der Waals surface area contributed by atoms with Gasteiger partial charge in [0.25, 0.3) is 5.91 Å². The van der Waals surface area contributed by atoms with Gasteiger partial charge >= 0.3 is 0 Å². The molecule has 0 spiro atoms. The normalized spacial score (nSPS) is 10.1. The number of hydrogen-bond donors (Lipinski definition) is 1. The molecule has 0 fully saturated rings. The summed E-state index contributed by atoms with van der Waals surface area (Å²) in [5, 5.41) is 2.75. The molecule has 0 radical (unpaired) electrons. The summed E-state index contributed by atoms with van der Waals surface area (Å²) in [6.07, 6.45) is 1.44.